The molecule has 74 heavy (non-hydrogen) atoms. The van der Waals surface area contributed by atoms with Gasteiger partial charge in [0.1, 0.15) is 16.9 Å². The standard InChI is InChI=1S/C24H23N3O.2C20H16N2O/c28-17-18-3-5-19(6-4-18)21-9-12-24-25-23(16-27(24)15-21)20-7-10-22(11-8-20)26-13-1-2-14-26;23-14-15-5-4-8-17(11-15)18-9-10-20-21-19(13-22(20)12-18)16-6-2-1-3-7-16;23-14-15-6-8-16(9-7-15)18-10-11-20-21-19(13-22(20)12-18)17-4-2-1-3-5-17/h3-12,15-16,28H,1-2,13-14,17H2;2*1-13,23H,14H2. The second-order valence-electron chi connectivity index (χ2n) is 18.5. The molecule has 0 aliphatic carbocycles. The van der Waals surface area contributed by atoms with Gasteiger partial charge in [0, 0.05) is 72.6 Å². The smallest absolute Gasteiger partial charge is 0.137 e. The van der Waals surface area contributed by atoms with Gasteiger partial charge in [0.25, 0.3) is 0 Å². The van der Waals surface area contributed by atoms with Gasteiger partial charge in [0.05, 0.1) is 36.9 Å². The lowest BCUT2D eigenvalue weighted by molar-refractivity contribution is 0.281. The molecule has 10 heteroatoms. The number of aromatic nitrogens is 6. The number of nitrogens with zero attached hydrogens (tertiary/aromatic N) is 7. The van der Waals surface area contributed by atoms with E-state index < -0.39 is 0 Å². The number of fused-ring (bicyclic) bond motifs is 3. The van der Waals surface area contributed by atoms with Crippen LogP contribution in [0.15, 0.2) is 231 Å². The third kappa shape index (κ3) is 10.6. The SMILES string of the molecule is OCc1ccc(-c2ccc3nc(-c4ccc(N5CCCC5)cc4)cn3c2)cc1.OCc1ccc(-c2ccc3nc(-c4ccccc4)cn3c2)cc1.OCc1cccc(-c2ccc3nc(-c4ccccc4)cn3c2)c1. The molecule has 3 N–H and O–H groups in total. The second-order valence-corrected chi connectivity index (χ2v) is 18.5. The van der Waals surface area contributed by atoms with Gasteiger partial charge in [-0.15, -0.1) is 0 Å². The van der Waals surface area contributed by atoms with Crippen LogP contribution >= 0.6 is 0 Å². The summed E-state index contributed by atoms with van der Waals surface area (Å²) in [7, 11) is 0. The maximum Gasteiger partial charge on any atom is 0.137 e. The third-order valence-electron chi connectivity index (χ3n) is 13.5. The molecule has 10 nitrogen and oxygen atoms in total. The van der Waals surface area contributed by atoms with E-state index in [0.29, 0.717) is 0 Å². The van der Waals surface area contributed by atoms with Gasteiger partial charge < -0.3 is 33.4 Å². The average molecular weight is 970 g/mol. The molecule has 1 aliphatic rings. The molecule has 0 bridgehead atoms. The van der Waals surface area contributed by atoms with Crippen LogP contribution in [0.4, 0.5) is 5.69 Å². The first kappa shape index (κ1) is 47.4. The van der Waals surface area contributed by atoms with Crippen LogP contribution < -0.4 is 4.90 Å². The molecule has 1 saturated heterocycles. The normalized spacial score (nSPS) is 12.2. The van der Waals surface area contributed by atoms with E-state index in [2.05, 4.69) is 134 Å². The number of aliphatic hydroxyl groups excluding tert-OH is 3. The van der Waals surface area contributed by atoms with E-state index >= 15 is 0 Å². The number of hydrogen-bond donors (Lipinski definition) is 3. The Labute approximate surface area is 430 Å². The highest BCUT2D eigenvalue weighted by molar-refractivity contribution is 5.71. The van der Waals surface area contributed by atoms with Crippen molar-refractivity contribution in [3.8, 4) is 67.2 Å². The van der Waals surface area contributed by atoms with Crippen molar-refractivity contribution in [2.75, 3.05) is 18.0 Å². The van der Waals surface area contributed by atoms with E-state index in [1.165, 1.54) is 18.5 Å². The van der Waals surface area contributed by atoms with Crippen molar-refractivity contribution in [1.29, 1.82) is 0 Å². The highest BCUT2D eigenvalue weighted by Gasteiger charge is 2.14. The fourth-order valence-electron chi connectivity index (χ4n) is 9.40. The minimum absolute atomic E-state index is 0.0549. The van der Waals surface area contributed by atoms with Crippen molar-refractivity contribution in [3.63, 3.8) is 0 Å². The Kier molecular flexibility index (Phi) is 14.0. The largest absolute Gasteiger partial charge is 0.392 e. The van der Waals surface area contributed by atoms with Gasteiger partial charge in [-0.3, -0.25) is 0 Å². The van der Waals surface area contributed by atoms with Crippen LogP contribution in [0.3, 0.4) is 0 Å². The third-order valence-corrected chi connectivity index (χ3v) is 13.5. The summed E-state index contributed by atoms with van der Waals surface area (Å²) in [5, 5.41) is 27.6. The minimum atomic E-state index is 0.0549. The van der Waals surface area contributed by atoms with E-state index in [1.54, 1.807) is 0 Å². The van der Waals surface area contributed by atoms with E-state index in [-0.39, 0.29) is 19.8 Å². The summed E-state index contributed by atoms with van der Waals surface area (Å²) in [4.78, 5) is 16.6. The van der Waals surface area contributed by atoms with Crippen LogP contribution in [0, 0.1) is 0 Å². The monoisotopic (exact) mass is 969 g/mol. The molecule has 1 fully saturated rings. The molecule has 6 aromatic heterocycles. The highest BCUT2D eigenvalue weighted by Crippen LogP contribution is 2.29. The first-order chi connectivity index (χ1) is 36.5. The lowest BCUT2D eigenvalue weighted by Gasteiger charge is -2.17. The maximum atomic E-state index is 9.29. The van der Waals surface area contributed by atoms with Crippen molar-refractivity contribution in [3.05, 3.63) is 248 Å². The number of rotatable bonds is 10. The van der Waals surface area contributed by atoms with Crippen molar-refractivity contribution < 1.29 is 15.3 Å². The fourth-order valence-corrected chi connectivity index (χ4v) is 9.40. The van der Waals surface area contributed by atoms with Crippen molar-refractivity contribution >= 4 is 22.6 Å². The van der Waals surface area contributed by atoms with Crippen LogP contribution in [-0.2, 0) is 19.8 Å². The number of anilines is 1. The molecule has 0 saturated carbocycles. The minimum Gasteiger partial charge on any atom is -0.392 e. The molecule has 1 aliphatic heterocycles. The molecule has 6 aromatic carbocycles. The first-order valence-corrected chi connectivity index (χ1v) is 25.0. The van der Waals surface area contributed by atoms with Gasteiger partial charge in [-0.2, -0.15) is 0 Å². The van der Waals surface area contributed by atoms with Gasteiger partial charge in [0.2, 0.25) is 0 Å². The number of aliphatic hydroxyl groups is 3. The number of hydrogen-bond acceptors (Lipinski definition) is 7. The lowest BCUT2D eigenvalue weighted by Crippen LogP contribution is -2.17. The van der Waals surface area contributed by atoms with Crippen molar-refractivity contribution in [1.82, 2.24) is 28.2 Å². The van der Waals surface area contributed by atoms with Crippen LogP contribution in [0.5, 0.6) is 0 Å². The Hall–Kier alpha value is -8.93. The summed E-state index contributed by atoms with van der Waals surface area (Å²) in [6.45, 7) is 2.52. The zero-order chi connectivity index (χ0) is 50.2. The topological polar surface area (TPSA) is 116 Å². The second kappa shape index (κ2) is 21.8. The number of imidazole rings is 3. The highest BCUT2D eigenvalue weighted by atomic mass is 16.3. The Morgan fingerprint density at radius 1 is 0.311 bits per heavy atom. The summed E-state index contributed by atoms with van der Waals surface area (Å²) in [5.74, 6) is 0. The van der Waals surface area contributed by atoms with Crippen LogP contribution in [0.2, 0.25) is 0 Å². The summed E-state index contributed by atoms with van der Waals surface area (Å²) in [6.07, 6.45) is 15.0. The Bertz CT molecular complexity index is 3790. The molecule has 7 heterocycles. The van der Waals surface area contributed by atoms with Gasteiger partial charge in [-0.1, -0.05) is 140 Å². The number of pyridine rings is 3. The Morgan fingerprint density at radius 3 is 1.09 bits per heavy atom. The summed E-state index contributed by atoms with van der Waals surface area (Å²) >= 11 is 0. The Balaban J connectivity index is 0.000000120. The van der Waals surface area contributed by atoms with Gasteiger partial charge in [-0.05, 0) is 118 Å². The van der Waals surface area contributed by atoms with Crippen LogP contribution in [-0.4, -0.2) is 56.6 Å². The summed E-state index contributed by atoms with van der Waals surface area (Å²) in [5.41, 5.74) is 19.8. The van der Waals surface area contributed by atoms with Gasteiger partial charge >= 0.3 is 0 Å². The zero-order valence-electron chi connectivity index (χ0n) is 40.9. The van der Waals surface area contributed by atoms with E-state index in [0.717, 1.165) is 114 Å². The molecule has 0 spiro atoms. The number of benzene rings is 6. The van der Waals surface area contributed by atoms with Gasteiger partial charge in [-0.25, -0.2) is 15.0 Å². The zero-order valence-corrected chi connectivity index (χ0v) is 40.9. The molecular weight excluding hydrogens is 915 g/mol. The molecule has 0 amide bonds. The average Bonchev–Trinajstić information content (AvgIpc) is 4.33. The predicted molar refractivity (Wildman–Crippen MR) is 297 cm³/mol. The summed E-state index contributed by atoms with van der Waals surface area (Å²) < 4.78 is 6.18. The van der Waals surface area contributed by atoms with Crippen molar-refractivity contribution in [2.45, 2.75) is 32.7 Å². The van der Waals surface area contributed by atoms with Crippen LogP contribution in [0.1, 0.15) is 29.5 Å². The Morgan fingerprint density at radius 2 is 0.676 bits per heavy atom. The summed E-state index contributed by atoms with van der Waals surface area (Å²) in [6, 6.07) is 65.4. The molecule has 13 rings (SSSR count). The van der Waals surface area contributed by atoms with E-state index in [9.17, 15) is 10.2 Å². The maximum absolute atomic E-state index is 9.29. The molecule has 0 radical (unpaired) electrons. The van der Waals surface area contributed by atoms with Crippen molar-refractivity contribution in [2.24, 2.45) is 0 Å². The first-order valence-electron chi connectivity index (χ1n) is 25.0. The van der Waals surface area contributed by atoms with E-state index in [1.807, 2.05) is 126 Å². The quantitative estimate of drug-likeness (QED) is 0.125. The molecule has 0 unspecified atom stereocenters. The fraction of sp³-hybridized carbons (Fsp3) is 0.109. The molecule has 12 aromatic rings. The molecule has 0 atom stereocenters. The predicted octanol–water partition coefficient (Wildman–Crippen LogP) is 13.1. The molecule has 364 valence electrons. The molecular formula is C64H55N7O3. The van der Waals surface area contributed by atoms with E-state index in [4.69, 9.17) is 10.1 Å². The van der Waals surface area contributed by atoms with Gasteiger partial charge in [0.15, 0.2) is 0 Å². The van der Waals surface area contributed by atoms with Crippen LogP contribution in [0.25, 0.3) is 84.1 Å². The lowest BCUT2D eigenvalue weighted by atomic mass is 10.1.